The van der Waals surface area contributed by atoms with Crippen molar-refractivity contribution in [2.45, 2.75) is 37.4 Å². The minimum absolute atomic E-state index is 0.131. The molecular formula is C12H19N3O3. The van der Waals surface area contributed by atoms with E-state index in [1.54, 1.807) is 7.11 Å². The van der Waals surface area contributed by atoms with Crippen molar-refractivity contribution in [2.24, 2.45) is 0 Å². The molecule has 0 bridgehead atoms. The summed E-state index contributed by atoms with van der Waals surface area (Å²) in [6, 6.07) is 0. The third-order valence-corrected chi connectivity index (χ3v) is 3.83. The Balaban J connectivity index is 1.65. The molecule has 18 heavy (non-hydrogen) atoms. The zero-order valence-electron chi connectivity index (χ0n) is 10.6. The van der Waals surface area contributed by atoms with Crippen LogP contribution in [-0.2, 0) is 21.5 Å². The van der Waals surface area contributed by atoms with Gasteiger partial charge in [-0.15, -0.1) is 0 Å². The summed E-state index contributed by atoms with van der Waals surface area (Å²) in [5.41, 5.74) is -0.298. The Morgan fingerprint density at radius 3 is 3.00 bits per heavy atom. The summed E-state index contributed by atoms with van der Waals surface area (Å²) in [7, 11) is 1.71. The van der Waals surface area contributed by atoms with Gasteiger partial charge in [0.1, 0.15) is 5.60 Å². The van der Waals surface area contributed by atoms with E-state index in [1.165, 1.54) is 0 Å². The van der Waals surface area contributed by atoms with E-state index in [-0.39, 0.29) is 11.7 Å². The fourth-order valence-electron chi connectivity index (χ4n) is 2.49. The molecular weight excluding hydrogens is 234 g/mol. The van der Waals surface area contributed by atoms with E-state index < -0.39 is 0 Å². The maximum atomic E-state index is 5.62. The minimum atomic E-state index is -0.298. The molecule has 6 nitrogen and oxygen atoms in total. The Kier molecular flexibility index (Phi) is 3.32. The van der Waals surface area contributed by atoms with Crippen LogP contribution in [0, 0.1) is 0 Å². The molecule has 1 aliphatic carbocycles. The van der Waals surface area contributed by atoms with E-state index >= 15 is 0 Å². The van der Waals surface area contributed by atoms with Crippen molar-refractivity contribution in [2.75, 3.05) is 26.8 Å². The number of rotatable bonds is 4. The van der Waals surface area contributed by atoms with Gasteiger partial charge in [-0.2, -0.15) is 4.98 Å². The second kappa shape index (κ2) is 4.95. The lowest BCUT2D eigenvalue weighted by Crippen LogP contribution is -2.39. The summed E-state index contributed by atoms with van der Waals surface area (Å²) in [6.45, 7) is 2.50. The number of nitrogens with zero attached hydrogens (tertiary/aromatic N) is 2. The molecule has 1 N–H and O–H groups in total. The molecule has 1 aliphatic heterocycles. The maximum absolute atomic E-state index is 5.62. The van der Waals surface area contributed by atoms with Crippen molar-refractivity contribution in [1.82, 2.24) is 15.5 Å². The highest BCUT2D eigenvalue weighted by Crippen LogP contribution is 2.42. The summed E-state index contributed by atoms with van der Waals surface area (Å²) >= 11 is 0. The summed E-state index contributed by atoms with van der Waals surface area (Å²) in [5.74, 6) is 1.33. The van der Waals surface area contributed by atoms with Crippen LogP contribution in [0.5, 0.6) is 0 Å². The molecule has 3 rings (SSSR count). The van der Waals surface area contributed by atoms with Crippen LogP contribution in [0.25, 0.3) is 0 Å². The van der Waals surface area contributed by atoms with Gasteiger partial charge in [0, 0.05) is 20.2 Å². The Labute approximate surface area is 106 Å². The van der Waals surface area contributed by atoms with Gasteiger partial charge in [0.25, 0.3) is 0 Å². The Morgan fingerprint density at radius 2 is 2.39 bits per heavy atom. The monoisotopic (exact) mass is 253 g/mol. The van der Waals surface area contributed by atoms with Gasteiger partial charge < -0.3 is 19.3 Å². The SMILES string of the molecule is COC1(c2noc(CC3CNCCO3)n2)CCC1. The molecule has 1 atom stereocenters. The topological polar surface area (TPSA) is 69.4 Å². The lowest BCUT2D eigenvalue weighted by atomic mass is 9.79. The number of ether oxygens (including phenoxy) is 2. The van der Waals surface area contributed by atoms with E-state index in [2.05, 4.69) is 15.5 Å². The first-order chi connectivity index (χ1) is 8.82. The Bertz CT molecular complexity index is 392. The van der Waals surface area contributed by atoms with Crippen molar-refractivity contribution >= 4 is 0 Å². The van der Waals surface area contributed by atoms with Gasteiger partial charge in [-0.25, -0.2) is 0 Å². The van der Waals surface area contributed by atoms with Crippen LogP contribution >= 0.6 is 0 Å². The van der Waals surface area contributed by atoms with Gasteiger partial charge in [0.15, 0.2) is 0 Å². The molecule has 2 fully saturated rings. The highest BCUT2D eigenvalue weighted by Gasteiger charge is 2.43. The van der Waals surface area contributed by atoms with Crippen molar-refractivity contribution < 1.29 is 14.0 Å². The number of hydrogen-bond donors (Lipinski definition) is 1. The highest BCUT2D eigenvalue weighted by atomic mass is 16.5. The molecule has 2 aliphatic rings. The molecule has 1 saturated heterocycles. The van der Waals surface area contributed by atoms with Gasteiger partial charge in [-0.05, 0) is 19.3 Å². The Hall–Kier alpha value is -0.980. The van der Waals surface area contributed by atoms with Crippen LogP contribution in [0.4, 0.5) is 0 Å². The molecule has 100 valence electrons. The predicted octanol–water partition coefficient (Wildman–Crippen LogP) is 0.626. The first kappa shape index (κ1) is 12.1. The number of methoxy groups -OCH3 is 1. The molecule has 1 saturated carbocycles. The second-order valence-corrected chi connectivity index (χ2v) is 4.96. The lowest BCUT2D eigenvalue weighted by molar-refractivity contribution is -0.0858. The molecule has 0 amide bonds. The molecule has 0 radical (unpaired) electrons. The third kappa shape index (κ3) is 2.15. The maximum Gasteiger partial charge on any atom is 0.229 e. The van der Waals surface area contributed by atoms with Gasteiger partial charge in [0.05, 0.1) is 19.1 Å². The minimum Gasteiger partial charge on any atom is -0.375 e. The zero-order valence-corrected chi connectivity index (χ0v) is 10.6. The third-order valence-electron chi connectivity index (χ3n) is 3.83. The number of nitrogens with one attached hydrogen (secondary N) is 1. The molecule has 1 aromatic heterocycles. The van der Waals surface area contributed by atoms with Crippen LogP contribution in [0.3, 0.4) is 0 Å². The zero-order chi connectivity index (χ0) is 12.4. The van der Waals surface area contributed by atoms with Crippen molar-refractivity contribution in [1.29, 1.82) is 0 Å². The molecule has 2 heterocycles. The van der Waals surface area contributed by atoms with E-state index in [4.69, 9.17) is 14.0 Å². The average Bonchev–Trinajstić information content (AvgIpc) is 2.79. The van der Waals surface area contributed by atoms with Crippen LogP contribution in [-0.4, -0.2) is 43.1 Å². The van der Waals surface area contributed by atoms with Gasteiger partial charge >= 0.3 is 0 Å². The highest BCUT2D eigenvalue weighted by molar-refractivity contribution is 5.06. The molecule has 0 aromatic carbocycles. The number of hydrogen-bond acceptors (Lipinski definition) is 6. The van der Waals surface area contributed by atoms with Crippen LogP contribution in [0.1, 0.15) is 31.0 Å². The first-order valence-electron chi connectivity index (χ1n) is 6.53. The fourth-order valence-corrected chi connectivity index (χ4v) is 2.49. The second-order valence-electron chi connectivity index (χ2n) is 4.96. The van der Waals surface area contributed by atoms with E-state index in [9.17, 15) is 0 Å². The largest absolute Gasteiger partial charge is 0.375 e. The number of morpholine rings is 1. The van der Waals surface area contributed by atoms with Crippen LogP contribution in [0.15, 0.2) is 4.52 Å². The number of aromatic nitrogens is 2. The van der Waals surface area contributed by atoms with Gasteiger partial charge in [-0.1, -0.05) is 5.16 Å². The summed E-state index contributed by atoms with van der Waals surface area (Å²) in [6.07, 6.45) is 3.91. The predicted molar refractivity (Wildman–Crippen MR) is 63.1 cm³/mol. The quantitative estimate of drug-likeness (QED) is 0.848. The molecule has 0 spiro atoms. The van der Waals surface area contributed by atoms with Crippen molar-refractivity contribution in [3.8, 4) is 0 Å². The smallest absolute Gasteiger partial charge is 0.229 e. The van der Waals surface area contributed by atoms with E-state index in [0.717, 1.165) is 39.0 Å². The molecule has 6 heteroatoms. The summed E-state index contributed by atoms with van der Waals surface area (Å²) in [4.78, 5) is 4.46. The van der Waals surface area contributed by atoms with Gasteiger partial charge in [-0.3, -0.25) is 0 Å². The standard InChI is InChI=1S/C12H19N3O3/c1-16-12(3-2-4-12)11-14-10(18-15-11)7-9-8-13-5-6-17-9/h9,13H,2-8H2,1H3. The summed E-state index contributed by atoms with van der Waals surface area (Å²) in [5, 5.41) is 7.35. The van der Waals surface area contributed by atoms with Crippen molar-refractivity contribution in [3.05, 3.63) is 11.7 Å². The fraction of sp³-hybridized carbons (Fsp3) is 0.833. The normalized spacial score (nSPS) is 26.8. The van der Waals surface area contributed by atoms with Gasteiger partial charge in [0.2, 0.25) is 11.7 Å². The molecule has 1 aromatic rings. The Morgan fingerprint density at radius 1 is 1.50 bits per heavy atom. The van der Waals surface area contributed by atoms with Crippen LogP contribution in [0.2, 0.25) is 0 Å². The first-order valence-corrected chi connectivity index (χ1v) is 6.53. The molecule has 1 unspecified atom stereocenters. The van der Waals surface area contributed by atoms with E-state index in [0.29, 0.717) is 18.1 Å². The van der Waals surface area contributed by atoms with Crippen molar-refractivity contribution in [3.63, 3.8) is 0 Å². The average molecular weight is 253 g/mol. The summed E-state index contributed by atoms with van der Waals surface area (Å²) < 4.78 is 16.5. The lowest BCUT2D eigenvalue weighted by Gasteiger charge is -2.37. The van der Waals surface area contributed by atoms with E-state index in [1.807, 2.05) is 0 Å². The van der Waals surface area contributed by atoms with Crippen LogP contribution < -0.4 is 5.32 Å².